The summed E-state index contributed by atoms with van der Waals surface area (Å²) in [6, 6.07) is 8.67. The Labute approximate surface area is 126 Å². The Morgan fingerprint density at radius 2 is 1.57 bits per heavy atom. The summed E-state index contributed by atoms with van der Waals surface area (Å²) in [5.74, 6) is -3.06. The van der Waals surface area contributed by atoms with Crippen molar-refractivity contribution in [1.29, 1.82) is 0 Å². The Balaban J connectivity index is 2.17. The molecule has 118 valence electrons. The lowest BCUT2D eigenvalue weighted by atomic mass is 10.2. The maximum atomic E-state index is 13.8. The molecular weight excluding hydrogens is 317 g/mol. The maximum absolute atomic E-state index is 13.8. The van der Waals surface area contributed by atoms with Gasteiger partial charge in [-0.3, -0.25) is 0 Å². The third kappa shape index (κ3) is 3.05. The normalized spacial score (nSPS) is 11.7. The molecule has 0 saturated carbocycles. The van der Waals surface area contributed by atoms with Crippen LogP contribution in [-0.4, -0.2) is 9.97 Å². The van der Waals surface area contributed by atoms with Gasteiger partial charge >= 0.3 is 6.18 Å². The number of alkyl halides is 3. The van der Waals surface area contributed by atoms with Crippen molar-refractivity contribution in [3.05, 3.63) is 59.9 Å². The molecule has 0 unspecified atom stereocenters. The molecule has 1 heterocycles. The molecule has 3 rings (SSSR count). The number of anilines is 2. The molecule has 0 bridgehead atoms. The second kappa shape index (κ2) is 5.45. The van der Waals surface area contributed by atoms with E-state index in [-0.39, 0.29) is 11.2 Å². The number of hydrogen-bond acceptors (Lipinski definition) is 3. The van der Waals surface area contributed by atoms with Crippen molar-refractivity contribution in [2.45, 2.75) is 6.18 Å². The molecule has 2 aromatic carbocycles. The van der Waals surface area contributed by atoms with E-state index in [1.54, 1.807) is 0 Å². The van der Waals surface area contributed by atoms with Crippen LogP contribution in [0.3, 0.4) is 0 Å². The van der Waals surface area contributed by atoms with Crippen LogP contribution in [0, 0.1) is 11.6 Å². The van der Waals surface area contributed by atoms with E-state index in [1.165, 1.54) is 24.3 Å². The Morgan fingerprint density at radius 1 is 0.870 bits per heavy atom. The van der Waals surface area contributed by atoms with E-state index < -0.39 is 29.2 Å². The summed E-state index contributed by atoms with van der Waals surface area (Å²) >= 11 is 0. The molecule has 3 aromatic rings. The summed E-state index contributed by atoms with van der Waals surface area (Å²) in [7, 11) is 0. The van der Waals surface area contributed by atoms with Gasteiger partial charge in [-0.25, -0.2) is 18.7 Å². The van der Waals surface area contributed by atoms with Crippen LogP contribution in [0.25, 0.3) is 10.9 Å². The topological polar surface area (TPSA) is 37.8 Å². The standard InChI is InChI=1S/C15H8F5N3/c16-8-4-6-9(7-5-8)21-13-10-2-1-3-11(17)12(10)22-14(23-13)15(18,19)20/h1-7H,(H,21,22,23). The van der Waals surface area contributed by atoms with Crippen LogP contribution in [0.2, 0.25) is 0 Å². The largest absolute Gasteiger partial charge is 0.451 e. The van der Waals surface area contributed by atoms with Crippen LogP contribution in [0.4, 0.5) is 33.5 Å². The molecular formula is C15H8F5N3. The monoisotopic (exact) mass is 325 g/mol. The Morgan fingerprint density at radius 3 is 2.22 bits per heavy atom. The van der Waals surface area contributed by atoms with E-state index in [0.717, 1.165) is 18.2 Å². The fourth-order valence-electron chi connectivity index (χ4n) is 2.01. The maximum Gasteiger partial charge on any atom is 0.451 e. The minimum atomic E-state index is -4.82. The molecule has 0 saturated heterocycles. The molecule has 0 spiro atoms. The first-order valence-corrected chi connectivity index (χ1v) is 6.40. The number of nitrogens with one attached hydrogen (secondary N) is 1. The zero-order valence-corrected chi connectivity index (χ0v) is 11.3. The molecule has 3 nitrogen and oxygen atoms in total. The number of para-hydroxylation sites is 1. The highest BCUT2D eigenvalue weighted by molar-refractivity contribution is 5.91. The van der Waals surface area contributed by atoms with Crippen molar-refractivity contribution in [3.63, 3.8) is 0 Å². The van der Waals surface area contributed by atoms with Crippen LogP contribution in [0.1, 0.15) is 5.82 Å². The smallest absolute Gasteiger partial charge is 0.340 e. The fourth-order valence-corrected chi connectivity index (χ4v) is 2.01. The predicted octanol–water partition coefficient (Wildman–Crippen LogP) is 4.67. The van der Waals surface area contributed by atoms with E-state index in [2.05, 4.69) is 15.3 Å². The highest BCUT2D eigenvalue weighted by Crippen LogP contribution is 2.32. The van der Waals surface area contributed by atoms with Gasteiger partial charge in [-0.1, -0.05) is 6.07 Å². The summed E-state index contributed by atoms with van der Waals surface area (Å²) in [6.45, 7) is 0. The van der Waals surface area contributed by atoms with Crippen molar-refractivity contribution in [3.8, 4) is 0 Å². The van der Waals surface area contributed by atoms with Gasteiger partial charge in [-0.2, -0.15) is 13.2 Å². The molecule has 0 fully saturated rings. The third-order valence-electron chi connectivity index (χ3n) is 3.04. The van der Waals surface area contributed by atoms with Crippen molar-refractivity contribution in [1.82, 2.24) is 9.97 Å². The molecule has 0 radical (unpaired) electrons. The molecule has 8 heteroatoms. The van der Waals surface area contributed by atoms with Crippen molar-refractivity contribution in [2.75, 3.05) is 5.32 Å². The lowest BCUT2D eigenvalue weighted by molar-refractivity contribution is -0.144. The van der Waals surface area contributed by atoms with E-state index in [0.29, 0.717) is 5.69 Å². The second-order valence-electron chi connectivity index (χ2n) is 4.66. The first-order chi connectivity index (χ1) is 10.8. The number of aromatic nitrogens is 2. The quantitative estimate of drug-likeness (QED) is 0.696. The van der Waals surface area contributed by atoms with Crippen LogP contribution in [-0.2, 0) is 6.18 Å². The van der Waals surface area contributed by atoms with Gasteiger partial charge in [0.1, 0.15) is 23.0 Å². The predicted molar refractivity (Wildman–Crippen MR) is 74.2 cm³/mol. The zero-order chi connectivity index (χ0) is 16.6. The summed E-state index contributed by atoms with van der Waals surface area (Å²) in [6.07, 6.45) is -4.82. The zero-order valence-electron chi connectivity index (χ0n) is 11.3. The van der Waals surface area contributed by atoms with Gasteiger partial charge in [0.15, 0.2) is 0 Å². The lowest BCUT2D eigenvalue weighted by Crippen LogP contribution is -2.13. The number of hydrogen-bond donors (Lipinski definition) is 1. The molecule has 0 aliphatic rings. The molecule has 0 atom stereocenters. The van der Waals surface area contributed by atoms with Crippen molar-refractivity contribution in [2.24, 2.45) is 0 Å². The third-order valence-corrected chi connectivity index (χ3v) is 3.04. The summed E-state index contributed by atoms with van der Waals surface area (Å²) in [5.41, 5.74) is -0.136. The van der Waals surface area contributed by atoms with Gasteiger partial charge < -0.3 is 5.32 Å². The number of halogens is 5. The van der Waals surface area contributed by atoms with Crippen LogP contribution >= 0.6 is 0 Å². The van der Waals surface area contributed by atoms with Crippen molar-refractivity contribution >= 4 is 22.4 Å². The molecule has 0 aliphatic carbocycles. The minimum Gasteiger partial charge on any atom is -0.340 e. The Hall–Kier alpha value is -2.77. The number of nitrogens with zero attached hydrogens (tertiary/aromatic N) is 2. The SMILES string of the molecule is Fc1ccc(Nc2nc(C(F)(F)F)nc3c(F)cccc23)cc1. The van der Waals surface area contributed by atoms with E-state index in [1.807, 2.05) is 0 Å². The van der Waals surface area contributed by atoms with Gasteiger partial charge in [0.05, 0.1) is 0 Å². The number of fused-ring (bicyclic) bond motifs is 1. The molecule has 23 heavy (non-hydrogen) atoms. The van der Waals surface area contributed by atoms with Crippen LogP contribution < -0.4 is 5.32 Å². The summed E-state index contributed by atoms with van der Waals surface area (Å²) in [4.78, 5) is 6.67. The van der Waals surface area contributed by atoms with Crippen molar-refractivity contribution < 1.29 is 22.0 Å². The van der Waals surface area contributed by atoms with E-state index in [4.69, 9.17) is 0 Å². The van der Waals surface area contributed by atoms with E-state index in [9.17, 15) is 22.0 Å². The molecule has 1 aromatic heterocycles. The second-order valence-corrected chi connectivity index (χ2v) is 4.66. The van der Waals surface area contributed by atoms with Crippen LogP contribution in [0.15, 0.2) is 42.5 Å². The van der Waals surface area contributed by atoms with Crippen LogP contribution in [0.5, 0.6) is 0 Å². The summed E-state index contributed by atoms with van der Waals surface area (Å²) in [5, 5.41) is 2.71. The summed E-state index contributed by atoms with van der Waals surface area (Å²) < 4.78 is 65.4. The lowest BCUT2D eigenvalue weighted by Gasteiger charge is -2.12. The van der Waals surface area contributed by atoms with Gasteiger partial charge in [0.2, 0.25) is 5.82 Å². The Kier molecular flexibility index (Phi) is 3.59. The Bertz CT molecular complexity index is 859. The molecule has 0 amide bonds. The average Bonchev–Trinajstić information content (AvgIpc) is 2.49. The first-order valence-electron chi connectivity index (χ1n) is 6.40. The first kappa shape index (κ1) is 15.1. The molecule has 1 N–H and O–H groups in total. The highest BCUT2D eigenvalue weighted by Gasteiger charge is 2.36. The number of benzene rings is 2. The fraction of sp³-hybridized carbons (Fsp3) is 0.0667. The van der Waals surface area contributed by atoms with Gasteiger partial charge in [0, 0.05) is 11.1 Å². The van der Waals surface area contributed by atoms with Gasteiger partial charge in [0.25, 0.3) is 0 Å². The number of rotatable bonds is 2. The van der Waals surface area contributed by atoms with E-state index >= 15 is 0 Å². The van der Waals surface area contributed by atoms with Gasteiger partial charge in [-0.05, 0) is 36.4 Å². The average molecular weight is 325 g/mol. The molecule has 0 aliphatic heterocycles. The van der Waals surface area contributed by atoms with Gasteiger partial charge in [-0.15, -0.1) is 0 Å². The highest BCUT2D eigenvalue weighted by atomic mass is 19.4. The minimum absolute atomic E-state index is 0.0855.